The number of aryl methyl sites for hydroxylation is 2. The van der Waals surface area contributed by atoms with Gasteiger partial charge in [0.15, 0.2) is 5.58 Å². The molecule has 0 fully saturated rings. The first kappa shape index (κ1) is 27.4. The number of hydrazine groups is 1. The van der Waals surface area contributed by atoms with E-state index in [-0.39, 0.29) is 37.3 Å². The van der Waals surface area contributed by atoms with Gasteiger partial charge in [-0.3, -0.25) is 14.6 Å². The van der Waals surface area contributed by atoms with Crippen LogP contribution in [0.2, 0.25) is 0 Å². The van der Waals surface area contributed by atoms with Gasteiger partial charge in [0.1, 0.15) is 6.54 Å². The summed E-state index contributed by atoms with van der Waals surface area (Å²) in [5.41, 5.74) is 5.80. The number of halogens is 1. The summed E-state index contributed by atoms with van der Waals surface area (Å²) in [5, 5.41) is 15.1. The molecular formula is C26H35ClN6O3. The van der Waals surface area contributed by atoms with Gasteiger partial charge in [0.25, 0.3) is 5.91 Å². The first-order valence-corrected chi connectivity index (χ1v) is 12.0. The summed E-state index contributed by atoms with van der Waals surface area (Å²) in [5.74, 6) is -0.240. The molecule has 2 heterocycles. The van der Waals surface area contributed by atoms with E-state index < -0.39 is 0 Å². The molecule has 2 N–H and O–H groups in total. The zero-order chi connectivity index (χ0) is 24.9. The second kappa shape index (κ2) is 12.2. The lowest BCUT2D eigenvalue weighted by Gasteiger charge is -2.31. The second-order valence-electron chi connectivity index (χ2n) is 8.96. The summed E-state index contributed by atoms with van der Waals surface area (Å²) in [4.78, 5) is 27.9. The molecule has 3 aromatic rings. The van der Waals surface area contributed by atoms with Gasteiger partial charge in [-0.2, -0.15) is 0 Å². The number of carbonyl (C=O) groups is 2. The third-order valence-electron chi connectivity index (χ3n) is 6.52. The number of nitrogens with one attached hydrogen (secondary N) is 2. The van der Waals surface area contributed by atoms with Crippen molar-refractivity contribution in [2.75, 3.05) is 45.1 Å². The van der Waals surface area contributed by atoms with Gasteiger partial charge >= 0.3 is 0 Å². The summed E-state index contributed by atoms with van der Waals surface area (Å²) in [6.45, 7) is 9.24. The molecule has 0 spiro atoms. The van der Waals surface area contributed by atoms with E-state index in [4.69, 9.17) is 4.52 Å². The van der Waals surface area contributed by atoms with E-state index in [1.807, 2.05) is 50.0 Å². The highest BCUT2D eigenvalue weighted by molar-refractivity contribution is 5.89. The first-order chi connectivity index (χ1) is 16.9. The number of benzene rings is 2. The van der Waals surface area contributed by atoms with Crippen molar-refractivity contribution in [2.24, 2.45) is 0 Å². The number of hydrogen-bond donors (Lipinski definition) is 2. The van der Waals surface area contributed by atoms with Gasteiger partial charge in [-0.1, -0.05) is 36.3 Å². The van der Waals surface area contributed by atoms with Crippen LogP contribution in [0.25, 0.3) is 11.0 Å². The Morgan fingerprint density at radius 3 is 2.47 bits per heavy atom. The van der Waals surface area contributed by atoms with Crippen molar-refractivity contribution >= 4 is 40.9 Å². The number of nitrogens with zero attached hydrogens (tertiary/aromatic N) is 4. The van der Waals surface area contributed by atoms with Crippen LogP contribution in [0.1, 0.15) is 29.3 Å². The maximum Gasteiger partial charge on any atom is 0.256 e. The molecule has 2 aromatic carbocycles. The van der Waals surface area contributed by atoms with Gasteiger partial charge in [-0.25, -0.2) is 5.01 Å². The Labute approximate surface area is 218 Å². The van der Waals surface area contributed by atoms with E-state index in [1.165, 1.54) is 11.1 Å². The molecule has 4 rings (SSSR count). The first-order valence-electron chi connectivity index (χ1n) is 12.0. The van der Waals surface area contributed by atoms with Crippen molar-refractivity contribution in [1.29, 1.82) is 0 Å². The van der Waals surface area contributed by atoms with Gasteiger partial charge in [0, 0.05) is 44.3 Å². The molecule has 9 nitrogen and oxygen atoms in total. The Hall–Kier alpha value is -3.14. The Bertz CT molecular complexity index is 1190. The predicted molar refractivity (Wildman–Crippen MR) is 143 cm³/mol. The van der Waals surface area contributed by atoms with Gasteiger partial charge < -0.3 is 20.1 Å². The standard InChI is InChI=1S/C26H34N6O3.ClH/c1-5-27-10-11-31(17-26(34)30(4)32-15-20-8-6-7-9-21(20)16-32)25(33)14-28-23-13-22-19(3)29-35-24(22)12-18(23)2;/h6-9,12-13,27-28H,5,10-11,14-17H2,1-4H3;1H. The van der Waals surface area contributed by atoms with Crippen molar-refractivity contribution in [3.05, 3.63) is 58.8 Å². The molecule has 0 radical (unpaired) electrons. The van der Waals surface area contributed by atoms with Gasteiger partial charge in [0.2, 0.25) is 5.91 Å². The SMILES string of the molecule is CCNCCN(CC(=O)N(C)N1Cc2ccccc2C1)C(=O)CNc1cc2c(C)noc2cc1C.Cl. The van der Waals surface area contributed by atoms with E-state index >= 15 is 0 Å². The number of likely N-dealkylation sites (N-methyl/N-ethyl adjacent to an activating group) is 2. The fourth-order valence-corrected chi connectivity index (χ4v) is 4.31. The van der Waals surface area contributed by atoms with Crippen molar-refractivity contribution in [1.82, 2.24) is 25.4 Å². The highest BCUT2D eigenvalue weighted by atomic mass is 35.5. The summed E-state index contributed by atoms with van der Waals surface area (Å²) in [6, 6.07) is 12.1. The molecule has 36 heavy (non-hydrogen) atoms. The van der Waals surface area contributed by atoms with Gasteiger partial charge in [-0.05, 0) is 49.2 Å². The fourth-order valence-electron chi connectivity index (χ4n) is 4.31. The Kier molecular flexibility index (Phi) is 9.31. The highest BCUT2D eigenvalue weighted by Gasteiger charge is 2.27. The molecule has 1 aliphatic rings. The van der Waals surface area contributed by atoms with E-state index in [9.17, 15) is 9.59 Å². The van der Waals surface area contributed by atoms with Crippen LogP contribution >= 0.6 is 12.4 Å². The Balaban J connectivity index is 0.00000361. The quantitative estimate of drug-likeness (QED) is 0.401. The monoisotopic (exact) mass is 514 g/mol. The van der Waals surface area contributed by atoms with Crippen LogP contribution < -0.4 is 10.6 Å². The number of anilines is 1. The number of amides is 2. The molecular weight excluding hydrogens is 480 g/mol. The average Bonchev–Trinajstić information content (AvgIpc) is 3.44. The average molecular weight is 515 g/mol. The summed E-state index contributed by atoms with van der Waals surface area (Å²) >= 11 is 0. The molecule has 194 valence electrons. The van der Waals surface area contributed by atoms with Crippen LogP contribution in [0.4, 0.5) is 5.69 Å². The zero-order valence-electron chi connectivity index (χ0n) is 21.3. The minimum atomic E-state index is -0.129. The summed E-state index contributed by atoms with van der Waals surface area (Å²) < 4.78 is 5.33. The molecule has 10 heteroatoms. The number of fused-ring (bicyclic) bond motifs is 2. The maximum atomic E-state index is 13.2. The molecule has 0 atom stereocenters. The van der Waals surface area contributed by atoms with Crippen LogP contribution in [-0.2, 0) is 22.7 Å². The van der Waals surface area contributed by atoms with E-state index in [0.717, 1.165) is 34.5 Å². The minimum Gasteiger partial charge on any atom is -0.376 e. The van der Waals surface area contributed by atoms with Crippen molar-refractivity contribution in [3.63, 3.8) is 0 Å². The van der Waals surface area contributed by atoms with Crippen LogP contribution in [0.5, 0.6) is 0 Å². The topological polar surface area (TPSA) is 94.0 Å². The number of carbonyl (C=O) groups excluding carboxylic acids is 2. The van der Waals surface area contributed by atoms with Crippen LogP contribution in [0, 0.1) is 13.8 Å². The molecule has 2 amide bonds. The minimum absolute atomic E-state index is 0. The molecule has 0 saturated carbocycles. The van der Waals surface area contributed by atoms with E-state index in [0.29, 0.717) is 26.2 Å². The molecule has 1 aromatic heterocycles. The number of aromatic nitrogens is 1. The lowest BCUT2D eigenvalue weighted by atomic mass is 10.1. The van der Waals surface area contributed by atoms with Crippen molar-refractivity contribution in [2.45, 2.75) is 33.9 Å². The van der Waals surface area contributed by atoms with Crippen molar-refractivity contribution in [3.8, 4) is 0 Å². The lowest BCUT2D eigenvalue weighted by molar-refractivity contribution is -0.151. The largest absolute Gasteiger partial charge is 0.376 e. The van der Waals surface area contributed by atoms with Crippen molar-refractivity contribution < 1.29 is 14.1 Å². The van der Waals surface area contributed by atoms with Crippen LogP contribution in [0.3, 0.4) is 0 Å². The molecule has 0 aliphatic carbocycles. The number of rotatable bonds is 10. The molecule has 1 aliphatic heterocycles. The lowest BCUT2D eigenvalue weighted by Crippen LogP contribution is -2.49. The van der Waals surface area contributed by atoms with Gasteiger partial charge in [0.05, 0.1) is 12.2 Å². The second-order valence-corrected chi connectivity index (χ2v) is 8.96. The Morgan fingerprint density at radius 2 is 1.81 bits per heavy atom. The third kappa shape index (κ3) is 6.16. The molecule has 0 bridgehead atoms. The molecule has 0 saturated heterocycles. The van der Waals surface area contributed by atoms with Crippen LogP contribution in [-0.4, -0.2) is 71.7 Å². The smallest absolute Gasteiger partial charge is 0.256 e. The maximum absolute atomic E-state index is 13.2. The predicted octanol–water partition coefficient (Wildman–Crippen LogP) is 3.11. The normalized spacial score (nSPS) is 12.8. The van der Waals surface area contributed by atoms with Crippen LogP contribution in [0.15, 0.2) is 40.9 Å². The summed E-state index contributed by atoms with van der Waals surface area (Å²) in [6.07, 6.45) is 0. The zero-order valence-corrected chi connectivity index (χ0v) is 22.2. The third-order valence-corrected chi connectivity index (χ3v) is 6.52. The van der Waals surface area contributed by atoms with E-state index in [1.54, 1.807) is 17.0 Å². The fraction of sp³-hybridized carbons (Fsp3) is 0.423. The Morgan fingerprint density at radius 1 is 1.11 bits per heavy atom. The van der Waals surface area contributed by atoms with E-state index in [2.05, 4.69) is 27.9 Å². The summed E-state index contributed by atoms with van der Waals surface area (Å²) in [7, 11) is 1.78. The number of hydrogen-bond acceptors (Lipinski definition) is 7. The highest BCUT2D eigenvalue weighted by Crippen LogP contribution is 2.26. The molecule has 0 unspecified atom stereocenters. The van der Waals surface area contributed by atoms with Gasteiger partial charge in [-0.15, -0.1) is 12.4 Å².